The van der Waals surface area contributed by atoms with Crippen molar-refractivity contribution in [1.82, 2.24) is 15.0 Å². The lowest BCUT2D eigenvalue weighted by molar-refractivity contribution is -0.140. The van der Waals surface area contributed by atoms with E-state index in [2.05, 4.69) is 10.5 Å². The Labute approximate surface area is 110 Å². The van der Waals surface area contributed by atoms with Gasteiger partial charge in [-0.2, -0.15) is 0 Å². The molecule has 1 aliphatic heterocycles. The minimum absolute atomic E-state index is 0.00255. The van der Waals surface area contributed by atoms with Crippen LogP contribution in [-0.2, 0) is 11.2 Å². The standard InChI is InChI=1S/C12H19N3O4/c1-8(11(16)17)6-13-7-9-4-2-3-5-10-14-19-12(18)15(9)10/h8-9,13H,2-7H2,1H3,(H,16,17)/t8-,9?/m0/s1. The molecular weight excluding hydrogens is 250 g/mol. The summed E-state index contributed by atoms with van der Waals surface area (Å²) in [5.74, 6) is -0.990. The molecule has 0 amide bonds. The largest absolute Gasteiger partial charge is 0.481 e. The molecule has 0 radical (unpaired) electrons. The molecule has 7 heteroatoms. The first kappa shape index (κ1) is 13.8. The van der Waals surface area contributed by atoms with Crippen LogP contribution in [0.1, 0.15) is 38.1 Å². The van der Waals surface area contributed by atoms with Crippen LogP contribution in [-0.4, -0.2) is 33.9 Å². The van der Waals surface area contributed by atoms with Gasteiger partial charge in [0, 0.05) is 19.5 Å². The Balaban J connectivity index is 1.98. The summed E-state index contributed by atoms with van der Waals surface area (Å²) in [5.41, 5.74) is 0. The van der Waals surface area contributed by atoms with E-state index >= 15 is 0 Å². The Morgan fingerprint density at radius 2 is 2.42 bits per heavy atom. The molecule has 0 fully saturated rings. The van der Waals surface area contributed by atoms with Gasteiger partial charge in [0.1, 0.15) is 0 Å². The fourth-order valence-electron chi connectivity index (χ4n) is 2.35. The smallest absolute Gasteiger partial charge is 0.441 e. The topological polar surface area (TPSA) is 97.4 Å². The van der Waals surface area contributed by atoms with E-state index in [-0.39, 0.29) is 6.04 Å². The Hall–Kier alpha value is -1.63. The number of carboxylic acid groups (broad SMARTS) is 1. The zero-order valence-electron chi connectivity index (χ0n) is 11.0. The predicted molar refractivity (Wildman–Crippen MR) is 67.0 cm³/mol. The monoisotopic (exact) mass is 269 g/mol. The summed E-state index contributed by atoms with van der Waals surface area (Å²) in [4.78, 5) is 22.4. The van der Waals surface area contributed by atoms with Gasteiger partial charge >= 0.3 is 11.7 Å². The number of hydrogen-bond acceptors (Lipinski definition) is 5. The highest BCUT2D eigenvalue weighted by molar-refractivity contribution is 5.69. The van der Waals surface area contributed by atoms with Crippen LogP contribution in [0.5, 0.6) is 0 Å². The number of nitrogens with one attached hydrogen (secondary N) is 1. The minimum atomic E-state index is -0.823. The maximum absolute atomic E-state index is 11.6. The summed E-state index contributed by atoms with van der Waals surface area (Å²) in [5, 5.41) is 15.7. The average molecular weight is 269 g/mol. The first-order valence-corrected chi connectivity index (χ1v) is 6.60. The number of fused-ring (bicyclic) bond motifs is 1. The van der Waals surface area contributed by atoms with E-state index in [1.165, 1.54) is 0 Å². The maximum atomic E-state index is 11.6. The van der Waals surface area contributed by atoms with E-state index in [4.69, 9.17) is 9.63 Å². The van der Waals surface area contributed by atoms with Gasteiger partial charge in [0.05, 0.1) is 12.0 Å². The van der Waals surface area contributed by atoms with Gasteiger partial charge in [0.2, 0.25) is 0 Å². The lowest BCUT2D eigenvalue weighted by Crippen LogP contribution is -2.34. The van der Waals surface area contributed by atoms with Gasteiger partial charge in [-0.15, -0.1) is 0 Å². The predicted octanol–water partition coefficient (Wildman–Crippen LogP) is 0.414. The third-order valence-electron chi connectivity index (χ3n) is 3.51. The molecule has 0 saturated carbocycles. The van der Waals surface area contributed by atoms with Gasteiger partial charge in [0.25, 0.3) is 0 Å². The van der Waals surface area contributed by atoms with E-state index in [0.29, 0.717) is 18.9 Å². The molecule has 106 valence electrons. The van der Waals surface area contributed by atoms with Crippen molar-refractivity contribution in [2.24, 2.45) is 5.92 Å². The third kappa shape index (κ3) is 3.23. The summed E-state index contributed by atoms with van der Waals surface area (Å²) in [6, 6.07) is -0.00255. The first-order chi connectivity index (χ1) is 9.09. The minimum Gasteiger partial charge on any atom is -0.481 e. The highest BCUT2D eigenvalue weighted by Crippen LogP contribution is 2.20. The molecule has 7 nitrogen and oxygen atoms in total. The first-order valence-electron chi connectivity index (χ1n) is 6.60. The molecule has 19 heavy (non-hydrogen) atoms. The highest BCUT2D eigenvalue weighted by Gasteiger charge is 2.23. The second-order valence-corrected chi connectivity index (χ2v) is 5.03. The molecule has 1 aliphatic rings. The second-order valence-electron chi connectivity index (χ2n) is 5.03. The van der Waals surface area contributed by atoms with Crippen molar-refractivity contribution in [2.75, 3.05) is 13.1 Å². The van der Waals surface area contributed by atoms with Gasteiger partial charge < -0.3 is 10.4 Å². The van der Waals surface area contributed by atoms with Gasteiger partial charge in [-0.05, 0) is 12.8 Å². The van der Waals surface area contributed by atoms with Crippen LogP contribution < -0.4 is 11.1 Å². The average Bonchev–Trinajstić information content (AvgIpc) is 2.61. The third-order valence-corrected chi connectivity index (χ3v) is 3.51. The molecule has 1 unspecified atom stereocenters. The molecule has 2 atom stereocenters. The number of carboxylic acids is 1. The molecule has 2 heterocycles. The van der Waals surface area contributed by atoms with E-state index in [9.17, 15) is 9.59 Å². The van der Waals surface area contributed by atoms with E-state index in [1.54, 1.807) is 11.5 Å². The van der Waals surface area contributed by atoms with Crippen molar-refractivity contribution in [2.45, 2.75) is 38.6 Å². The molecule has 0 aromatic carbocycles. The molecule has 1 aromatic heterocycles. The maximum Gasteiger partial charge on any atom is 0.441 e. The zero-order chi connectivity index (χ0) is 13.8. The van der Waals surface area contributed by atoms with E-state index < -0.39 is 17.6 Å². The fraction of sp³-hybridized carbons (Fsp3) is 0.750. The molecule has 0 saturated heterocycles. The Kier molecular flexibility index (Phi) is 4.36. The number of rotatable bonds is 5. The SMILES string of the molecule is C[C@@H](CNCC1CCCCc2noc(=O)n21)C(=O)O. The van der Waals surface area contributed by atoms with Crippen molar-refractivity contribution in [3.8, 4) is 0 Å². The van der Waals surface area contributed by atoms with Gasteiger partial charge in [-0.3, -0.25) is 13.9 Å². The van der Waals surface area contributed by atoms with Crippen molar-refractivity contribution in [3.63, 3.8) is 0 Å². The lowest BCUT2D eigenvalue weighted by atomic mass is 10.1. The Bertz CT molecular complexity index is 493. The number of aryl methyl sites for hydroxylation is 1. The molecule has 2 N–H and O–H groups in total. The van der Waals surface area contributed by atoms with Crippen LogP contribution in [0.25, 0.3) is 0 Å². The van der Waals surface area contributed by atoms with Crippen LogP contribution >= 0.6 is 0 Å². The molecule has 0 bridgehead atoms. The summed E-state index contributed by atoms with van der Waals surface area (Å²) < 4.78 is 6.31. The Morgan fingerprint density at radius 3 is 3.16 bits per heavy atom. The van der Waals surface area contributed by atoms with Crippen molar-refractivity contribution < 1.29 is 14.4 Å². The van der Waals surface area contributed by atoms with Gasteiger partial charge in [-0.25, -0.2) is 4.79 Å². The second kappa shape index (κ2) is 6.01. The summed E-state index contributed by atoms with van der Waals surface area (Å²) in [6.45, 7) is 2.60. The Morgan fingerprint density at radius 1 is 1.63 bits per heavy atom. The number of nitrogens with zero attached hydrogens (tertiary/aromatic N) is 2. The van der Waals surface area contributed by atoms with Crippen LogP contribution in [0.4, 0.5) is 0 Å². The van der Waals surface area contributed by atoms with Crippen molar-refractivity contribution >= 4 is 5.97 Å². The van der Waals surface area contributed by atoms with Crippen LogP contribution in [0.3, 0.4) is 0 Å². The zero-order valence-corrected chi connectivity index (χ0v) is 11.0. The lowest BCUT2D eigenvalue weighted by Gasteiger charge is -2.17. The number of hydrogen-bond donors (Lipinski definition) is 2. The number of aliphatic carboxylic acids is 1. The van der Waals surface area contributed by atoms with Crippen LogP contribution in [0, 0.1) is 5.92 Å². The molecule has 0 spiro atoms. The van der Waals surface area contributed by atoms with Crippen LogP contribution in [0.15, 0.2) is 9.32 Å². The number of aromatic nitrogens is 2. The van der Waals surface area contributed by atoms with Crippen LogP contribution in [0.2, 0.25) is 0 Å². The van der Waals surface area contributed by atoms with Crippen molar-refractivity contribution in [1.29, 1.82) is 0 Å². The quantitative estimate of drug-likeness (QED) is 0.803. The normalized spacial score (nSPS) is 20.6. The van der Waals surface area contributed by atoms with E-state index in [1.807, 2.05) is 0 Å². The van der Waals surface area contributed by atoms with E-state index in [0.717, 1.165) is 25.7 Å². The van der Waals surface area contributed by atoms with Crippen molar-refractivity contribution in [3.05, 3.63) is 16.4 Å². The summed E-state index contributed by atoms with van der Waals surface area (Å²) in [7, 11) is 0. The highest BCUT2D eigenvalue weighted by atomic mass is 16.5. The number of carbonyl (C=O) groups is 1. The van der Waals surface area contributed by atoms with Gasteiger partial charge in [0.15, 0.2) is 5.82 Å². The molecular formula is C12H19N3O4. The summed E-state index contributed by atoms with van der Waals surface area (Å²) >= 11 is 0. The summed E-state index contributed by atoms with van der Waals surface area (Å²) in [6.07, 6.45) is 3.66. The molecule has 2 rings (SSSR count). The molecule has 0 aliphatic carbocycles. The van der Waals surface area contributed by atoms with Gasteiger partial charge in [-0.1, -0.05) is 18.5 Å². The fourth-order valence-corrected chi connectivity index (χ4v) is 2.35. The molecule has 1 aromatic rings.